The smallest absolute Gasteiger partial charge is 0.121 e. The molecule has 2 aromatic rings. The molecule has 0 radical (unpaired) electrons. The van der Waals surface area contributed by atoms with Crippen molar-refractivity contribution in [2.24, 2.45) is 5.73 Å². The van der Waals surface area contributed by atoms with E-state index in [1.165, 1.54) is 0 Å². The summed E-state index contributed by atoms with van der Waals surface area (Å²) in [5.74, 6) is 0.880. The Morgan fingerprint density at radius 3 is 2.42 bits per heavy atom. The van der Waals surface area contributed by atoms with Gasteiger partial charge in [0.2, 0.25) is 0 Å². The molecule has 0 spiro atoms. The van der Waals surface area contributed by atoms with E-state index >= 15 is 0 Å². The summed E-state index contributed by atoms with van der Waals surface area (Å²) in [4.78, 5) is 0. The van der Waals surface area contributed by atoms with E-state index in [2.05, 4.69) is 37.9 Å². The van der Waals surface area contributed by atoms with Crippen molar-refractivity contribution in [3.63, 3.8) is 0 Å². The molecule has 1 unspecified atom stereocenters. The Morgan fingerprint density at radius 2 is 1.84 bits per heavy atom. The molecule has 19 heavy (non-hydrogen) atoms. The van der Waals surface area contributed by atoms with Gasteiger partial charge >= 0.3 is 0 Å². The van der Waals surface area contributed by atoms with Crippen LogP contribution in [-0.2, 0) is 0 Å². The summed E-state index contributed by atoms with van der Waals surface area (Å²) < 4.78 is 7.30. The fourth-order valence-electron chi connectivity index (χ4n) is 2.03. The van der Waals surface area contributed by atoms with Crippen LogP contribution in [0, 0.1) is 6.92 Å². The number of halogens is 2. The van der Waals surface area contributed by atoms with E-state index in [0.717, 1.165) is 31.4 Å². The van der Waals surface area contributed by atoms with Crippen molar-refractivity contribution in [2.45, 2.75) is 13.0 Å². The summed E-state index contributed by atoms with van der Waals surface area (Å²) in [7, 11) is 1.67. The molecule has 0 saturated carbocycles. The highest BCUT2D eigenvalue weighted by atomic mass is 79.9. The topological polar surface area (TPSA) is 35.2 Å². The molecule has 100 valence electrons. The molecule has 2 rings (SSSR count). The van der Waals surface area contributed by atoms with Crippen LogP contribution < -0.4 is 10.5 Å². The van der Waals surface area contributed by atoms with E-state index in [4.69, 9.17) is 10.5 Å². The second-order valence-corrected chi connectivity index (χ2v) is 6.14. The highest BCUT2D eigenvalue weighted by Crippen LogP contribution is 2.31. The summed E-state index contributed by atoms with van der Waals surface area (Å²) in [5, 5.41) is 0. The van der Waals surface area contributed by atoms with Crippen LogP contribution in [0.25, 0.3) is 0 Å². The standard InChI is InChI=1S/C15H15Br2NO/c1-9-7-10(3-6-14(9)19-2)15(18)12-5-4-11(16)8-13(12)17/h3-8,15H,18H2,1-2H3. The molecule has 0 aliphatic heterocycles. The molecule has 2 N–H and O–H groups in total. The monoisotopic (exact) mass is 383 g/mol. The van der Waals surface area contributed by atoms with Crippen molar-refractivity contribution in [1.82, 2.24) is 0 Å². The van der Waals surface area contributed by atoms with Gasteiger partial charge in [0.1, 0.15) is 5.75 Å². The Morgan fingerprint density at radius 1 is 1.11 bits per heavy atom. The Hall–Kier alpha value is -0.840. The first-order chi connectivity index (χ1) is 9.02. The van der Waals surface area contributed by atoms with Crippen molar-refractivity contribution in [1.29, 1.82) is 0 Å². The van der Waals surface area contributed by atoms with Crippen molar-refractivity contribution in [3.05, 3.63) is 62.0 Å². The van der Waals surface area contributed by atoms with Gasteiger partial charge in [0.15, 0.2) is 0 Å². The number of hydrogen-bond acceptors (Lipinski definition) is 2. The number of nitrogens with two attached hydrogens (primary N) is 1. The van der Waals surface area contributed by atoms with Crippen LogP contribution in [0.1, 0.15) is 22.7 Å². The third-order valence-corrected chi connectivity index (χ3v) is 4.26. The van der Waals surface area contributed by atoms with Gasteiger partial charge in [-0.25, -0.2) is 0 Å². The molecule has 2 nitrogen and oxygen atoms in total. The second kappa shape index (κ2) is 6.07. The minimum Gasteiger partial charge on any atom is -0.496 e. The van der Waals surface area contributed by atoms with Crippen molar-refractivity contribution in [3.8, 4) is 5.75 Å². The molecule has 0 bridgehead atoms. The van der Waals surface area contributed by atoms with Crippen LogP contribution in [0.15, 0.2) is 45.3 Å². The highest BCUT2D eigenvalue weighted by molar-refractivity contribution is 9.11. The zero-order valence-electron chi connectivity index (χ0n) is 10.8. The van der Waals surface area contributed by atoms with Gasteiger partial charge in [-0.05, 0) is 41.8 Å². The summed E-state index contributed by atoms with van der Waals surface area (Å²) >= 11 is 7.00. The molecule has 0 aromatic heterocycles. The average Bonchev–Trinajstić information content (AvgIpc) is 2.38. The van der Waals surface area contributed by atoms with Crippen LogP contribution in [0.4, 0.5) is 0 Å². The number of benzene rings is 2. The Balaban J connectivity index is 2.38. The maximum Gasteiger partial charge on any atom is 0.121 e. The lowest BCUT2D eigenvalue weighted by Gasteiger charge is -2.16. The zero-order valence-corrected chi connectivity index (χ0v) is 14.0. The van der Waals surface area contributed by atoms with E-state index in [-0.39, 0.29) is 6.04 Å². The third kappa shape index (κ3) is 3.19. The number of rotatable bonds is 3. The number of hydrogen-bond donors (Lipinski definition) is 1. The van der Waals surface area contributed by atoms with Crippen LogP contribution in [0.5, 0.6) is 5.75 Å². The van der Waals surface area contributed by atoms with Gasteiger partial charge in [-0.2, -0.15) is 0 Å². The summed E-state index contributed by atoms with van der Waals surface area (Å²) in [6.07, 6.45) is 0. The highest BCUT2D eigenvalue weighted by Gasteiger charge is 2.13. The summed E-state index contributed by atoms with van der Waals surface area (Å²) in [6, 6.07) is 11.9. The van der Waals surface area contributed by atoms with Gasteiger partial charge < -0.3 is 10.5 Å². The first kappa shape index (κ1) is 14.6. The Labute approximate surface area is 130 Å². The molecule has 0 aliphatic carbocycles. The fourth-order valence-corrected chi connectivity index (χ4v) is 3.32. The maximum absolute atomic E-state index is 6.34. The summed E-state index contributed by atoms with van der Waals surface area (Å²) in [6.45, 7) is 2.02. The van der Waals surface area contributed by atoms with E-state index < -0.39 is 0 Å². The maximum atomic E-state index is 6.34. The first-order valence-electron chi connectivity index (χ1n) is 5.88. The minimum absolute atomic E-state index is 0.160. The van der Waals surface area contributed by atoms with E-state index in [1.54, 1.807) is 7.11 Å². The number of methoxy groups -OCH3 is 1. The Kier molecular flexibility index (Phi) is 4.66. The van der Waals surface area contributed by atoms with Gasteiger partial charge in [0.25, 0.3) is 0 Å². The lowest BCUT2D eigenvalue weighted by atomic mass is 9.98. The van der Waals surface area contributed by atoms with E-state index in [0.29, 0.717) is 0 Å². The van der Waals surface area contributed by atoms with Gasteiger partial charge in [0, 0.05) is 8.95 Å². The van der Waals surface area contributed by atoms with Crippen LogP contribution in [0.3, 0.4) is 0 Å². The van der Waals surface area contributed by atoms with Crippen molar-refractivity contribution >= 4 is 31.9 Å². The first-order valence-corrected chi connectivity index (χ1v) is 7.46. The molecular weight excluding hydrogens is 370 g/mol. The van der Waals surface area contributed by atoms with Gasteiger partial charge in [0.05, 0.1) is 13.2 Å². The van der Waals surface area contributed by atoms with E-state index in [9.17, 15) is 0 Å². The van der Waals surface area contributed by atoms with Crippen LogP contribution in [0.2, 0.25) is 0 Å². The van der Waals surface area contributed by atoms with Gasteiger partial charge in [-0.3, -0.25) is 0 Å². The second-order valence-electron chi connectivity index (χ2n) is 4.37. The molecule has 0 saturated heterocycles. The van der Waals surface area contributed by atoms with Gasteiger partial charge in [-0.1, -0.05) is 50.1 Å². The van der Waals surface area contributed by atoms with Crippen molar-refractivity contribution < 1.29 is 4.74 Å². The van der Waals surface area contributed by atoms with Crippen LogP contribution in [-0.4, -0.2) is 7.11 Å². The number of ether oxygens (including phenoxy) is 1. The average molecular weight is 385 g/mol. The van der Waals surface area contributed by atoms with Gasteiger partial charge in [-0.15, -0.1) is 0 Å². The molecule has 0 fully saturated rings. The molecule has 2 aromatic carbocycles. The minimum atomic E-state index is -0.160. The molecule has 0 amide bonds. The largest absolute Gasteiger partial charge is 0.496 e. The molecule has 4 heteroatoms. The Bertz CT molecular complexity index is 599. The fraction of sp³-hybridized carbons (Fsp3) is 0.200. The molecular formula is C15H15Br2NO. The normalized spacial score (nSPS) is 12.3. The third-order valence-electron chi connectivity index (χ3n) is 3.08. The van der Waals surface area contributed by atoms with E-state index in [1.807, 2.05) is 37.3 Å². The van der Waals surface area contributed by atoms with Crippen LogP contribution >= 0.6 is 31.9 Å². The predicted molar refractivity (Wildman–Crippen MR) is 85.6 cm³/mol. The number of aryl methyl sites for hydroxylation is 1. The zero-order chi connectivity index (χ0) is 14.0. The lowest BCUT2D eigenvalue weighted by molar-refractivity contribution is 0.411. The molecule has 0 aliphatic rings. The quantitative estimate of drug-likeness (QED) is 0.840. The summed E-state index contributed by atoms with van der Waals surface area (Å²) in [5.41, 5.74) is 9.56. The predicted octanol–water partition coefficient (Wildman–Crippen LogP) is 4.58. The molecule has 0 heterocycles. The van der Waals surface area contributed by atoms with Crippen molar-refractivity contribution in [2.75, 3.05) is 7.11 Å². The SMILES string of the molecule is COc1ccc(C(N)c2ccc(Br)cc2Br)cc1C. The lowest BCUT2D eigenvalue weighted by Crippen LogP contribution is -2.12. The molecule has 1 atom stereocenters.